The fourth-order valence-electron chi connectivity index (χ4n) is 1.75. The second-order valence-corrected chi connectivity index (χ2v) is 4.90. The van der Waals surface area contributed by atoms with E-state index < -0.39 is 0 Å². The molecule has 1 aromatic rings. The van der Waals surface area contributed by atoms with Gasteiger partial charge in [-0.1, -0.05) is 26.7 Å². The molecular weight excluding hydrogens is 220 g/mol. The molecule has 0 aromatic carbocycles. The number of hydrogen-bond acceptors (Lipinski definition) is 3. The minimum absolute atomic E-state index is 0.146. The van der Waals surface area contributed by atoms with Crippen LogP contribution in [0.1, 0.15) is 45.2 Å². The van der Waals surface area contributed by atoms with Gasteiger partial charge in [-0.25, -0.2) is 0 Å². The first-order valence-corrected chi connectivity index (χ1v) is 6.68. The van der Waals surface area contributed by atoms with Crippen molar-refractivity contribution in [3.05, 3.63) is 11.8 Å². The molecule has 0 aliphatic carbocycles. The Hall–Kier alpha value is -0.900. The van der Waals surface area contributed by atoms with Crippen LogP contribution in [0.15, 0.2) is 6.07 Å². The fourth-order valence-corrected chi connectivity index (χ4v) is 2.41. The molecule has 0 aliphatic rings. The Morgan fingerprint density at radius 2 is 2.06 bits per heavy atom. The number of amides is 1. The van der Waals surface area contributed by atoms with Crippen LogP contribution in [0.3, 0.4) is 0 Å². The van der Waals surface area contributed by atoms with E-state index >= 15 is 0 Å². The number of anilines is 1. The zero-order valence-electron chi connectivity index (χ0n) is 10.2. The van der Waals surface area contributed by atoms with Crippen molar-refractivity contribution in [3.8, 4) is 0 Å². The summed E-state index contributed by atoms with van der Waals surface area (Å²) >= 11 is 1.35. The Morgan fingerprint density at radius 3 is 2.50 bits per heavy atom. The Labute approximate surface area is 101 Å². The van der Waals surface area contributed by atoms with E-state index in [4.69, 9.17) is 0 Å². The predicted octanol–water partition coefficient (Wildman–Crippen LogP) is 3.61. The SMILES string of the molecule is CCCC(CCC)C(=O)Nc1cc(C)ns1. The van der Waals surface area contributed by atoms with Gasteiger partial charge in [0.25, 0.3) is 0 Å². The maximum atomic E-state index is 12.0. The van der Waals surface area contributed by atoms with Crippen molar-refractivity contribution in [1.82, 2.24) is 4.37 Å². The van der Waals surface area contributed by atoms with E-state index in [1.165, 1.54) is 11.5 Å². The molecule has 0 unspecified atom stereocenters. The molecule has 0 aliphatic heterocycles. The molecule has 0 saturated carbocycles. The van der Waals surface area contributed by atoms with E-state index in [9.17, 15) is 4.79 Å². The van der Waals surface area contributed by atoms with Gasteiger partial charge in [-0.05, 0) is 37.4 Å². The molecular formula is C12H20N2OS. The third kappa shape index (κ3) is 3.93. The summed E-state index contributed by atoms with van der Waals surface area (Å²) in [6.07, 6.45) is 4.05. The molecule has 1 aromatic heterocycles. The molecule has 1 N–H and O–H groups in total. The molecule has 4 heteroatoms. The molecule has 1 rings (SSSR count). The summed E-state index contributed by atoms with van der Waals surface area (Å²) < 4.78 is 4.15. The lowest BCUT2D eigenvalue weighted by atomic mass is 9.97. The smallest absolute Gasteiger partial charge is 0.228 e. The second-order valence-electron chi connectivity index (χ2n) is 4.10. The minimum atomic E-state index is 0.146. The third-order valence-corrected chi connectivity index (χ3v) is 3.32. The highest BCUT2D eigenvalue weighted by Gasteiger charge is 2.17. The predicted molar refractivity (Wildman–Crippen MR) is 68.8 cm³/mol. The fraction of sp³-hybridized carbons (Fsp3) is 0.667. The first-order valence-electron chi connectivity index (χ1n) is 5.91. The van der Waals surface area contributed by atoms with Gasteiger partial charge in [-0.15, -0.1) is 0 Å². The zero-order chi connectivity index (χ0) is 12.0. The maximum absolute atomic E-state index is 12.0. The molecule has 16 heavy (non-hydrogen) atoms. The number of nitrogens with one attached hydrogen (secondary N) is 1. The van der Waals surface area contributed by atoms with E-state index in [0.29, 0.717) is 0 Å². The van der Waals surface area contributed by atoms with Crippen LogP contribution in [0.2, 0.25) is 0 Å². The number of aromatic nitrogens is 1. The number of carbonyl (C=O) groups excluding carboxylic acids is 1. The molecule has 1 heterocycles. The van der Waals surface area contributed by atoms with Gasteiger partial charge in [0.2, 0.25) is 5.91 Å². The summed E-state index contributed by atoms with van der Waals surface area (Å²) in [5.74, 6) is 0.296. The van der Waals surface area contributed by atoms with Gasteiger partial charge in [0.1, 0.15) is 5.00 Å². The maximum Gasteiger partial charge on any atom is 0.228 e. The summed E-state index contributed by atoms with van der Waals surface area (Å²) in [5, 5.41) is 3.81. The van der Waals surface area contributed by atoms with Gasteiger partial charge in [0.15, 0.2) is 0 Å². The summed E-state index contributed by atoms with van der Waals surface area (Å²) in [4.78, 5) is 12.0. The molecule has 0 saturated heterocycles. The minimum Gasteiger partial charge on any atom is -0.316 e. The Morgan fingerprint density at radius 1 is 1.44 bits per heavy atom. The molecule has 90 valence electrons. The number of rotatable bonds is 6. The van der Waals surface area contributed by atoms with Crippen LogP contribution >= 0.6 is 11.5 Å². The van der Waals surface area contributed by atoms with Crippen molar-refractivity contribution < 1.29 is 4.79 Å². The third-order valence-electron chi connectivity index (χ3n) is 2.52. The van der Waals surface area contributed by atoms with Crippen molar-refractivity contribution in [2.45, 2.75) is 46.5 Å². The average Bonchev–Trinajstić information content (AvgIpc) is 2.63. The highest BCUT2D eigenvalue weighted by molar-refractivity contribution is 7.10. The zero-order valence-corrected chi connectivity index (χ0v) is 11.1. The van der Waals surface area contributed by atoms with Crippen LogP contribution in [0, 0.1) is 12.8 Å². The van der Waals surface area contributed by atoms with Crippen LogP contribution in [-0.4, -0.2) is 10.3 Å². The lowest BCUT2D eigenvalue weighted by Crippen LogP contribution is -2.22. The van der Waals surface area contributed by atoms with E-state index in [1.54, 1.807) is 0 Å². The van der Waals surface area contributed by atoms with Gasteiger partial charge < -0.3 is 5.32 Å². The second kappa shape index (κ2) is 6.63. The molecule has 1 amide bonds. The normalized spacial score (nSPS) is 10.8. The number of hydrogen-bond donors (Lipinski definition) is 1. The molecule has 0 radical (unpaired) electrons. The largest absolute Gasteiger partial charge is 0.316 e. The van der Waals surface area contributed by atoms with Crippen LogP contribution in [0.25, 0.3) is 0 Å². The van der Waals surface area contributed by atoms with Crippen molar-refractivity contribution in [3.63, 3.8) is 0 Å². The summed E-state index contributed by atoms with van der Waals surface area (Å²) in [6, 6.07) is 1.91. The van der Waals surface area contributed by atoms with Gasteiger partial charge in [0.05, 0.1) is 5.69 Å². The van der Waals surface area contributed by atoms with Crippen LogP contribution < -0.4 is 5.32 Å². The number of nitrogens with zero attached hydrogens (tertiary/aromatic N) is 1. The van der Waals surface area contributed by atoms with Crippen molar-refractivity contribution in [2.75, 3.05) is 5.32 Å². The van der Waals surface area contributed by atoms with Crippen LogP contribution in [-0.2, 0) is 4.79 Å². The Bertz CT molecular complexity index is 330. The van der Waals surface area contributed by atoms with Gasteiger partial charge in [-0.2, -0.15) is 4.37 Å². The van der Waals surface area contributed by atoms with Gasteiger partial charge in [-0.3, -0.25) is 4.79 Å². The number of carbonyl (C=O) groups is 1. The summed E-state index contributed by atoms with van der Waals surface area (Å²) in [7, 11) is 0. The first-order chi connectivity index (χ1) is 7.67. The van der Waals surface area contributed by atoms with Gasteiger partial charge >= 0.3 is 0 Å². The molecule has 0 atom stereocenters. The van der Waals surface area contributed by atoms with Crippen molar-refractivity contribution >= 4 is 22.4 Å². The van der Waals surface area contributed by atoms with E-state index in [1.807, 2.05) is 13.0 Å². The standard InChI is InChI=1S/C12H20N2OS/c1-4-6-10(7-5-2)12(15)13-11-8-9(3)14-16-11/h8,10H,4-7H2,1-3H3,(H,13,15). The van der Waals surface area contributed by atoms with Crippen LogP contribution in [0.5, 0.6) is 0 Å². The van der Waals surface area contributed by atoms with E-state index in [0.717, 1.165) is 36.4 Å². The summed E-state index contributed by atoms with van der Waals surface area (Å²) in [5.41, 5.74) is 0.961. The molecule has 0 bridgehead atoms. The Balaban J connectivity index is 2.54. The highest BCUT2D eigenvalue weighted by atomic mass is 32.1. The Kier molecular flexibility index (Phi) is 5.46. The van der Waals surface area contributed by atoms with E-state index in [-0.39, 0.29) is 11.8 Å². The molecule has 0 spiro atoms. The monoisotopic (exact) mass is 240 g/mol. The van der Waals surface area contributed by atoms with Crippen LogP contribution in [0.4, 0.5) is 5.00 Å². The lowest BCUT2D eigenvalue weighted by Gasteiger charge is -2.13. The highest BCUT2D eigenvalue weighted by Crippen LogP contribution is 2.20. The average molecular weight is 240 g/mol. The first kappa shape index (κ1) is 13.2. The number of aryl methyl sites for hydroxylation is 1. The van der Waals surface area contributed by atoms with Crippen molar-refractivity contribution in [1.29, 1.82) is 0 Å². The van der Waals surface area contributed by atoms with Crippen molar-refractivity contribution in [2.24, 2.45) is 5.92 Å². The molecule has 3 nitrogen and oxygen atoms in total. The van der Waals surface area contributed by atoms with E-state index in [2.05, 4.69) is 23.5 Å². The van der Waals surface area contributed by atoms with Gasteiger partial charge in [0, 0.05) is 5.92 Å². The summed E-state index contributed by atoms with van der Waals surface area (Å²) in [6.45, 7) is 6.17. The quantitative estimate of drug-likeness (QED) is 0.825. The lowest BCUT2D eigenvalue weighted by molar-refractivity contribution is -0.120. The molecule has 0 fully saturated rings. The topological polar surface area (TPSA) is 42.0 Å².